The summed E-state index contributed by atoms with van der Waals surface area (Å²) in [5, 5.41) is 5.29. The Morgan fingerprint density at radius 3 is 2.36 bits per heavy atom. The molecular formula is C8H18N2O. The van der Waals surface area contributed by atoms with Gasteiger partial charge in [0.1, 0.15) is 0 Å². The number of carbonyl (C=O) groups excluding carboxylic acids is 1. The maximum Gasteiger partial charge on any atom is 0.314 e. The highest BCUT2D eigenvalue weighted by molar-refractivity contribution is 5.73. The van der Waals surface area contributed by atoms with E-state index in [-0.39, 0.29) is 11.4 Å². The van der Waals surface area contributed by atoms with Crippen molar-refractivity contribution in [3.8, 4) is 0 Å². The zero-order valence-electron chi connectivity index (χ0n) is 7.82. The maximum atomic E-state index is 10.8. The lowest BCUT2D eigenvalue weighted by Crippen LogP contribution is -2.38. The van der Waals surface area contributed by atoms with Gasteiger partial charge in [-0.15, -0.1) is 0 Å². The van der Waals surface area contributed by atoms with E-state index in [0.29, 0.717) is 0 Å². The van der Waals surface area contributed by atoms with Crippen molar-refractivity contribution in [1.82, 2.24) is 10.6 Å². The van der Waals surface area contributed by atoms with Crippen molar-refractivity contribution in [2.45, 2.75) is 27.2 Å². The number of hydrogen-bond acceptors (Lipinski definition) is 1. The normalized spacial score (nSPS) is 10.9. The molecule has 0 fully saturated rings. The summed E-state index contributed by atoms with van der Waals surface area (Å²) in [4.78, 5) is 10.8. The topological polar surface area (TPSA) is 41.1 Å². The fourth-order valence-electron chi connectivity index (χ4n) is 0.533. The second-order valence-electron chi connectivity index (χ2n) is 3.45. The van der Waals surface area contributed by atoms with Gasteiger partial charge < -0.3 is 10.6 Å². The van der Waals surface area contributed by atoms with Crippen molar-refractivity contribution in [2.24, 2.45) is 5.41 Å². The Labute approximate surface area is 68.6 Å². The number of urea groups is 1. The summed E-state index contributed by atoms with van der Waals surface area (Å²) in [5.74, 6) is 0. The standard InChI is InChI=1S/C8H18N2O/c1-5-8(2,3)6-10-7(11)9-4/h5-6H2,1-4H3,(H2,9,10,11). The van der Waals surface area contributed by atoms with E-state index < -0.39 is 0 Å². The van der Waals surface area contributed by atoms with Crippen LogP contribution < -0.4 is 10.6 Å². The fourth-order valence-corrected chi connectivity index (χ4v) is 0.533. The summed E-state index contributed by atoms with van der Waals surface area (Å²) >= 11 is 0. The number of nitrogens with one attached hydrogen (secondary N) is 2. The molecule has 3 nitrogen and oxygen atoms in total. The Balaban J connectivity index is 3.61. The molecule has 0 aliphatic rings. The van der Waals surface area contributed by atoms with Gasteiger partial charge in [0, 0.05) is 13.6 Å². The molecule has 11 heavy (non-hydrogen) atoms. The Morgan fingerprint density at radius 1 is 1.45 bits per heavy atom. The summed E-state index contributed by atoms with van der Waals surface area (Å²) < 4.78 is 0. The van der Waals surface area contributed by atoms with E-state index in [2.05, 4.69) is 31.4 Å². The van der Waals surface area contributed by atoms with Crippen molar-refractivity contribution in [2.75, 3.05) is 13.6 Å². The lowest BCUT2D eigenvalue weighted by Gasteiger charge is -2.22. The summed E-state index contributed by atoms with van der Waals surface area (Å²) in [6.07, 6.45) is 1.07. The third-order valence-corrected chi connectivity index (χ3v) is 1.91. The first-order chi connectivity index (χ1) is 5.02. The van der Waals surface area contributed by atoms with E-state index >= 15 is 0 Å². The molecule has 0 aromatic rings. The Hall–Kier alpha value is -0.730. The molecule has 0 unspecified atom stereocenters. The highest BCUT2D eigenvalue weighted by Crippen LogP contribution is 2.17. The van der Waals surface area contributed by atoms with E-state index in [9.17, 15) is 4.79 Å². The second kappa shape index (κ2) is 4.21. The average molecular weight is 158 g/mol. The molecule has 0 radical (unpaired) electrons. The first kappa shape index (κ1) is 10.3. The van der Waals surface area contributed by atoms with E-state index in [1.807, 2.05) is 0 Å². The predicted molar refractivity (Wildman–Crippen MR) is 46.5 cm³/mol. The first-order valence-corrected chi connectivity index (χ1v) is 3.97. The summed E-state index contributed by atoms with van der Waals surface area (Å²) in [6.45, 7) is 7.10. The molecule has 0 aromatic heterocycles. The monoisotopic (exact) mass is 158 g/mol. The molecule has 3 heteroatoms. The van der Waals surface area contributed by atoms with Gasteiger partial charge in [0.2, 0.25) is 0 Å². The SMILES string of the molecule is CCC(C)(C)CNC(=O)NC. The van der Waals surface area contributed by atoms with Crippen molar-refractivity contribution in [3.05, 3.63) is 0 Å². The Morgan fingerprint density at radius 2 is 2.00 bits per heavy atom. The van der Waals surface area contributed by atoms with Gasteiger partial charge in [-0.3, -0.25) is 0 Å². The van der Waals surface area contributed by atoms with Gasteiger partial charge in [-0.1, -0.05) is 20.8 Å². The second-order valence-corrected chi connectivity index (χ2v) is 3.45. The van der Waals surface area contributed by atoms with Crippen LogP contribution in [0.2, 0.25) is 0 Å². The van der Waals surface area contributed by atoms with Gasteiger partial charge in [0.25, 0.3) is 0 Å². The van der Waals surface area contributed by atoms with Crippen molar-refractivity contribution >= 4 is 6.03 Å². The highest BCUT2D eigenvalue weighted by atomic mass is 16.2. The minimum absolute atomic E-state index is 0.105. The lowest BCUT2D eigenvalue weighted by molar-refractivity contribution is 0.235. The van der Waals surface area contributed by atoms with Crippen LogP contribution >= 0.6 is 0 Å². The minimum Gasteiger partial charge on any atom is -0.341 e. The van der Waals surface area contributed by atoms with Gasteiger partial charge in [0.15, 0.2) is 0 Å². The number of hydrogen-bond donors (Lipinski definition) is 2. The van der Waals surface area contributed by atoms with E-state index in [1.54, 1.807) is 7.05 Å². The molecule has 0 spiro atoms. The summed E-state index contributed by atoms with van der Waals surface area (Å²) in [7, 11) is 1.62. The molecule has 0 saturated heterocycles. The van der Waals surface area contributed by atoms with Crippen LogP contribution in [0.25, 0.3) is 0 Å². The quantitative estimate of drug-likeness (QED) is 0.639. The fraction of sp³-hybridized carbons (Fsp3) is 0.875. The molecule has 0 saturated carbocycles. The van der Waals surface area contributed by atoms with Crippen LogP contribution in [0.1, 0.15) is 27.2 Å². The van der Waals surface area contributed by atoms with E-state index in [4.69, 9.17) is 0 Å². The summed E-state index contributed by atoms with van der Waals surface area (Å²) in [5.41, 5.74) is 0.201. The van der Waals surface area contributed by atoms with Gasteiger partial charge in [-0.25, -0.2) is 4.79 Å². The van der Waals surface area contributed by atoms with Crippen LogP contribution in [0.5, 0.6) is 0 Å². The van der Waals surface area contributed by atoms with Crippen LogP contribution in [0, 0.1) is 5.41 Å². The largest absolute Gasteiger partial charge is 0.341 e. The van der Waals surface area contributed by atoms with E-state index in [0.717, 1.165) is 13.0 Å². The van der Waals surface area contributed by atoms with Crippen molar-refractivity contribution < 1.29 is 4.79 Å². The number of amides is 2. The first-order valence-electron chi connectivity index (χ1n) is 3.97. The molecular weight excluding hydrogens is 140 g/mol. The molecule has 0 aliphatic carbocycles. The molecule has 0 aromatic carbocycles. The third kappa shape index (κ3) is 4.65. The third-order valence-electron chi connectivity index (χ3n) is 1.91. The molecule has 0 rings (SSSR count). The molecule has 0 bridgehead atoms. The van der Waals surface area contributed by atoms with Crippen LogP contribution in [-0.2, 0) is 0 Å². The Kier molecular flexibility index (Phi) is 3.93. The van der Waals surface area contributed by atoms with Gasteiger partial charge in [0.05, 0.1) is 0 Å². The van der Waals surface area contributed by atoms with Gasteiger partial charge in [-0.2, -0.15) is 0 Å². The average Bonchev–Trinajstić information content (AvgIpc) is 2.00. The predicted octanol–water partition coefficient (Wildman–Crippen LogP) is 1.35. The lowest BCUT2D eigenvalue weighted by atomic mass is 9.90. The maximum absolute atomic E-state index is 10.8. The van der Waals surface area contributed by atoms with Crippen LogP contribution in [0.3, 0.4) is 0 Å². The molecule has 2 amide bonds. The van der Waals surface area contributed by atoms with Crippen molar-refractivity contribution in [1.29, 1.82) is 0 Å². The number of carbonyl (C=O) groups is 1. The Bertz CT molecular complexity index is 132. The molecule has 0 atom stereocenters. The summed E-state index contributed by atoms with van der Waals surface area (Å²) in [6, 6.07) is -0.105. The number of rotatable bonds is 3. The molecule has 2 N–H and O–H groups in total. The van der Waals surface area contributed by atoms with Crippen molar-refractivity contribution in [3.63, 3.8) is 0 Å². The smallest absolute Gasteiger partial charge is 0.314 e. The van der Waals surface area contributed by atoms with E-state index in [1.165, 1.54) is 0 Å². The molecule has 0 heterocycles. The molecule has 0 aliphatic heterocycles. The van der Waals surface area contributed by atoms with Crippen LogP contribution in [0.15, 0.2) is 0 Å². The van der Waals surface area contributed by atoms with Crippen LogP contribution in [0.4, 0.5) is 4.79 Å². The van der Waals surface area contributed by atoms with Gasteiger partial charge >= 0.3 is 6.03 Å². The zero-order chi connectivity index (χ0) is 8.91. The van der Waals surface area contributed by atoms with Gasteiger partial charge in [-0.05, 0) is 11.8 Å². The minimum atomic E-state index is -0.105. The highest BCUT2D eigenvalue weighted by Gasteiger charge is 2.15. The zero-order valence-corrected chi connectivity index (χ0v) is 7.82. The van der Waals surface area contributed by atoms with Crippen LogP contribution in [-0.4, -0.2) is 19.6 Å². The molecule has 66 valence electrons.